The minimum Gasteiger partial charge on any atom is -0.374 e. The highest BCUT2D eigenvalue weighted by Gasteiger charge is 2.21. The van der Waals surface area contributed by atoms with Crippen LogP contribution in [0.3, 0.4) is 0 Å². The molecule has 1 saturated heterocycles. The number of morpholine rings is 1. The molecule has 1 fully saturated rings. The lowest BCUT2D eigenvalue weighted by Crippen LogP contribution is -2.47. The van der Waals surface area contributed by atoms with Crippen LogP contribution in [0, 0.1) is 0 Å². The van der Waals surface area contributed by atoms with Crippen molar-refractivity contribution in [3.05, 3.63) is 66.2 Å². The monoisotopic (exact) mass is 356 g/mol. The maximum Gasteiger partial charge on any atom is 0.230 e. The summed E-state index contributed by atoms with van der Waals surface area (Å²) >= 11 is 1.55. The Morgan fingerprint density at radius 1 is 1.12 bits per heavy atom. The summed E-state index contributed by atoms with van der Waals surface area (Å²) in [4.78, 5) is 15.5. The summed E-state index contributed by atoms with van der Waals surface area (Å²) in [6.07, 6.45) is 0.0585. The van der Waals surface area contributed by atoms with Gasteiger partial charge in [0.05, 0.1) is 18.5 Å². The highest BCUT2D eigenvalue weighted by Crippen LogP contribution is 2.16. The summed E-state index contributed by atoms with van der Waals surface area (Å²) < 4.78 is 5.80. The van der Waals surface area contributed by atoms with Crippen molar-refractivity contribution in [3.63, 3.8) is 0 Å². The van der Waals surface area contributed by atoms with Gasteiger partial charge in [-0.2, -0.15) is 0 Å². The Bertz CT molecular complexity index is 651. The summed E-state index contributed by atoms with van der Waals surface area (Å²) in [6.45, 7) is 3.99. The Morgan fingerprint density at radius 2 is 1.84 bits per heavy atom. The number of amides is 1. The minimum absolute atomic E-state index is 0.0534. The standard InChI is InChI=1S/C20H24N2O2S/c23-20(16-25-19-9-5-2-6-10-19)21-13-18-15-22(11-12-24-18)14-17-7-3-1-4-8-17/h1-10,18H,11-16H2,(H,21,23)/t18-/m0/s1. The van der Waals surface area contributed by atoms with Crippen LogP contribution in [-0.4, -0.2) is 48.9 Å². The molecule has 0 aliphatic carbocycles. The molecule has 1 N–H and O–H groups in total. The Balaban J connectivity index is 1.38. The van der Waals surface area contributed by atoms with Gasteiger partial charge < -0.3 is 10.1 Å². The van der Waals surface area contributed by atoms with Crippen LogP contribution in [-0.2, 0) is 16.1 Å². The number of ether oxygens (including phenoxy) is 1. The van der Waals surface area contributed by atoms with Gasteiger partial charge in [-0.1, -0.05) is 48.5 Å². The summed E-state index contributed by atoms with van der Waals surface area (Å²) in [5, 5.41) is 3.00. The molecule has 1 atom stereocenters. The predicted octanol–water partition coefficient (Wildman–Crippen LogP) is 2.80. The van der Waals surface area contributed by atoms with Crippen molar-refractivity contribution in [2.45, 2.75) is 17.5 Å². The van der Waals surface area contributed by atoms with Crippen molar-refractivity contribution in [1.29, 1.82) is 0 Å². The van der Waals surface area contributed by atoms with E-state index < -0.39 is 0 Å². The number of benzene rings is 2. The number of carbonyl (C=O) groups is 1. The van der Waals surface area contributed by atoms with Gasteiger partial charge >= 0.3 is 0 Å². The first kappa shape index (κ1) is 18.0. The molecule has 25 heavy (non-hydrogen) atoms. The smallest absolute Gasteiger partial charge is 0.230 e. The SMILES string of the molecule is O=C(CSc1ccccc1)NC[C@H]1CN(Cc2ccccc2)CCO1. The Morgan fingerprint density at radius 3 is 2.60 bits per heavy atom. The quantitative estimate of drug-likeness (QED) is 0.775. The number of carbonyl (C=O) groups excluding carboxylic acids is 1. The van der Waals surface area contributed by atoms with Crippen LogP contribution in [0.2, 0.25) is 0 Å². The van der Waals surface area contributed by atoms with Crippen LogP contribution in [0.4, 0.5) is 0 Å². The molecule has 5 heteroatoms. The van der Waals surface area contributed by atoms with E-state index in [4.69, 9.17) is 4.74 Å². The van der Waals surface area contributed by atoms with E-state index in [-0.39, 0.29) is 12.0 Å². The molecule has 1 amide bonds. The fraction of sp³-hybridized carbons (Fsp3) is 0.350. The van der Waals surface area contributed by atoms with Gasteiger partial charge in [0, 0.05) is 31.1 Å². The molecule has 1 heterocycles. The third-order valence-electron chi connectivity index (χ3n) is 4.11. The molecular weight excluding hydrogens is 332 g/mol. The second-order valence-electron chi connectivity index (χ2n) is 6.12. The van der Waals surface area contributed by atoms with Crippen LogP contribution < -0.4 is 5.32 Å². The van der Waals surface area contributed by atoms with Gasteiger partial charge in [0.15, 0.2) is 0 Å². The third kappa shape index (κ3) is 6.20. The molecule has 2 aromatic carbocycles. The number of hydrogen-bond acceptors (Lipinski definition) is 4. The maximum absolute atomic E-state index is 12.0. The van der Waals surface area contributed by atoms with Crippen molar-refractivity contribution in [2.75, 3.05) is 32.0 Å². The zero-order valence-electron chi connectivity index (χ0n) is 14.3. The van der Waals surface area contributed by atoms with E-state index in [1.165, 1.54) is 5.56 Å². The molecule has 0 aromatic heterocycles. The summed E-state index contributed by atoms with van der Waals surface area (Å²) in [5.74, 6) is 0.488. The lowest BCUT2D eigenvalue weighted by atomic mass is 10.2. The maximum atomic E-state index is 12.0. The fourth-order valence-corrected chi connectivity index (χ4v) is 3.58. The highest BCUT2D eigenvalue weighted by atomic mass is 32.2. The van der Waals surface area contributed by atoms with Crippen LogP contribution in [0.15, 0.2) is 65.6 Å². The number of hydrogen-bond donors (Lipinski definition) is 1. The largest absolute Gasteiger partial charge is 0.374 e. The van der Waals surface area contributed by atoms with E-state index in [1.807, 2.05) is 36.4 Å². The van der Waals surface area contributed by atoms with Gasteiger partial charge in [0.25, 0.3) is 0 Å². The van der Waals surface area contributed by atoms with Gasteiger partial charge in [-0.05, 0) is 17.7 Å². The third-order valence-corrected chi connectivity index (χ3v) is 5.12. The molecule has 4 nitrogen and oxygen atoms in total. The van der Waals surface area contributed by atoms with E-state index in [0.29, 0.717) is 18.9 Å². The number of thioether (sulfide) groups is 1. The molecular formula is C20H24N2O2S. The van der Waals surface area contributed by atoms with Crippen LogP contribution in [0.5, 0.6) is 0 Å². The molecule has 3 rings (SSSR count). The van der Waals surface area contributed by atoms with Gasteiger partial charge in [0.1, 0.15) is 0 Å². The normalized spacial score (nSPS) is 18.0. The Hall–Kier alpha value is -1.82. The summed E-state index contributed by atoms with van der Waals surface area (Å²) in [6, 6.07) is 20.4. The van der Waals surface area contributed by atoms with E-state index in [2.05, 4.69) is 34.5 Å². The zero-order chi connectivity index (χ0) is 17.3. The van der Waals surface area contributed by atoms with E-state index in [1.54, 1.807) is 11.8 Å². The molecule has 2 aromatic rings. The van der Waals surface area contributed by atoms with Crippen LogP contribution in [0.1, 0.15) is 5.56 Å². The Labute approximate surface area is 153 Å². The second-order valence-corrected chi connectivity index (χ2v) is 7.17. The molecule has 0 radical (unpaired) electrons. The molecule has 1 aliphatic heterocycles. The molecule has 1 aliphatic rings. The van der Waals surface area contributed by atoms with Gasteiger partial charge in [-0.3, -0.25) is 9.69 Å². The van der Waals surface area contributed by atoms with Gasteiger partial charge in [-0.15, -0.1) is 11.8 Å². The lowest BCUT2D eigenvalue weighted by Gasteiger charge is -2.33. The number of rotatable bonds is 7. The van der Waals surface area contributed by atoms with Gasteiger partial charge in [-0.25, -0.2) is 0 Å². The average Bonchev–Trinajstić information content (AvgIpc) is 2.67. The average molecular weight is 356 g/mol. The summed E-state index contributed by atoms with van der Waals surface area (Å²) in [5.41, 5.74) is 1.31. The number of nitrogens with one attached hydrogen (secondary N) is 1. The van der Waals surface area contributed by atoms with Crippen molar-refractivity contribution in [2.24, 2.45) is 0 Å². The van der Waals surface area contributed by atoms with Crippen molar-refractivity contribution >= 4 is 17.7 Å². The predicted molar refractivity (Wildman–Crippen MR) is 102 cm³/mol. The van der Waals surface area contributed by atoms with E-state index in [0.717, 1.165) is 24.5 Å². The zero-order valence-corrected chi connectivity index (χ0v) is 15.1. The lowest BCUT2D eigenvalue weighted by molar-refractivity contribution is -0.119. The molecule has 0 saturated carbocycles. The highest BCUT2D eigenvalue weighted by molar-refractivity contribution is 8.00. The summed E-state index contributed by atoms with van der Waals surface area (Å²) in [7, 11) is 0. The first-order valence-corrected chi connectivity index (χ1v) is 9.60. The van der Waals surface area contributed by atoms with E-state index in [9.17, 15) is 4.79 Å². The topological polar surface area (TPSA) is 41.6 Å². The van der Waals surface area contributed by atoms with Gasteiger partial charge in [0.2, 0.25) is 5.91 Å². The van der Waals surface area contributed by atoms with Crippen LogP contribution >= 0.6 is 11.8 Å². The molecule has 0 spiro atoms. The van der Waals surface area contributed by atoms with Crippen molar-refractivity contribution in [1.82, 2.24) is 10.2 Å². The first-order chi connectivity index (χ1) is 12.3. The fourth-order valence-electron chi connectivity index (χ4n) is 2.83. The van der Waals surface area contributed by atoms with Crippen LogP contribution in [0.25, 0.3) is 0 Å². The molecule has 0 unspecified atom stereocenters. The minimum atomic E-state index is 0.0534. The van der Waals surface area contributed by atoms with Crippen molar-refractivity contribution in [3.8, 4) is 0 Å². The second kappa shape index (κ2) is 9.61. The van der Waals surface area contributed by atoms with E-state index >= 15 is 0 Å². The molecule has 132 valence electrons. The van der Waals surface area contributed by atoms with Crippen molar-refractivity contribution < 1.29 is 9.53 Å². The molecule has 0 bridgehead atoms. The Kier molecular flexibility index (Phi) is 6.91. The number of nitrogens with zero attached hydrogens (tertiary/aromatic N) is 1. The first-order valence-electron chi connectivity index (χ1n) is 8.62.